The van der Waals surface area contributed by atoms with Gasteiger partial charge in [-0.1, -0.05) is 18.7 Å². The highest BCUT2D eigenvalue weighted by Crippen LogP contribution is 2.25. The molecule has 0 spiro atoms. The third kappa shape index (κ3) is 2.22. The van der Waals surface area contributed by atoms with Crippen LogP contribution in [0.5, 0.6) is 0 Å². The molecule has 0 aliphatic rings. The summed E-state index contributed by atoms with van der Waals surface area (Å²) in [5.74, 6) is 0. The average molecular weight is 188 g/mol. The number of allylic oxidation sites excluding steroid dienone is 1. The van der Waals surface area contributed by atoms with Gasteiger partial charge in [-0.25, -0.2) is 0 Å². The van der Waals surface area contributed by atoms with E-state index in [0.717, 1.165) is 28.2 Å². The monoisotopic (exact) mass is 188 g/mol. The second-order valence-electron chi connectivity index (χ2n) is 3.49. The van der Waals surface area contributed by atoms with Crippen LogP contribution in [0.1, 0.15) is 19.4 Å². The van der Waals surface area contributed by atoms with Crippen molar-refractivity contribution >= 4 is 17.1 Å². The van der Waals surface area contributed by atoms with E-state index in [9.17, 15) is 0 Å². The fourth-order valence-electron chi connectivity index (χ4n) is 1.04. The summed E-state index contributed by atoms with van der Waals surface area (Å²) in [5.41, 5.74) is 10.4. The van der Waals surface area contributed by atoms with Crippen LogP contribution in [0.3, 0.4) is 0 Å². The Morgan fingerprint density at radius 2 is 2.00 bits per heavy atom. The van der Waals surface area contributed by atoms with Gasteiger partial charge in [-0.15, -0.1) is 0 Å². The second kappa shape index (κ2) is 4.09. The summed E-state index contributed by atoms with van der Waals surface area (Å²) in [5, 5.41) is 0. The van der Waals surface area contributed by atoms with Crippen molar-refractivity contribution < 1.29 is 0 Å². The molecule has 74 valence electrons. The molecule has 0 saturated carbocycles. The lowest BCUT2D eigenvalue weighted by Gasteiger charge is -2.05. The zero-order valence-corrected chi connectivity index (χ0v) is 8.96. The Balaban J connectivity index is 3.15. The smallest absolute Gasteiger partial charge is 0.0864 e. The van der Waals surface area contributed by atoms with Crippen molar-refractivity contribution in [3.8, 4) is 0 Å². The highest BCUT2D eigenvalue weighted by atomic mass is 14.8. The maximum Gasteiger partial charge on any atom is 0.0864 e. The lowest BCUT2D eigenvalue weighted by Crippen LogP contribution is -1.94. The summed E-state index contributed by atoms with van der Waals surface area (Å²) < 4.78 is 0. The van der Waals surface area contributed by atoms with Crippen molar-refractivity contribution in [2.75, 3.05) is 5.73 Å². The lowest BCUT2D eigenvalue weighted by molar-refractivity contribution is 1.41. The number of benzene rings is 1. The minimum absolute atomic E-state index is 0.744. The first-order valence-corrected chi connectivity index (χ1v) is 4.58. The van der Waals surface area contributed by atoms with Crippen LogP contribution in [0.15, 0.2) is 35.3 Å². The summed E-state index contributed by atoms with van der Waals surface area (Å²) >= 11 is 0. The predicted octanol–water partition coefficient (Wildman–Crippen LogP) is 3.25. The molecule has 14 heavy (non-hydrogen) atoms. The van der Waals surface area contributed by atoms with E-state index in [1.807, 2.05) is 39.0 Å². The van der Waals surface area contributed by atoms with Crippen molar-refractivity contribution in [1.82, 2.24) is 0 Å². The van der Waals surface area contributed by atoms with Crippen LogP contribution in [0.2, 0.25) is 0 Å². The number of anilines is 1. The molecule has 0 amide bonds. The number of hydrogen-bond acceptors (Lipinski definition) is 2. The molecule has 0 saturated heterocycles. The summed E-state index contributed by atoms with van der Waals surface area (Å²) in [6, 6.07) is 5.84. The molecule has 1 aromatic rings. The summed E-state index contributed by atoms with van der Waals surface area (Å²) in [4.78, 5) is 4.41. The maximum atomic E-state index is 5.89. The maximum absolute atomic E-state index is 5.89. The van der Waals surface area contributed by atoms with Gasteiger partial charge in [0.1, 0.15) is 0 Å². The molecule has 0 aliphatic heterocycles. The predicted molar refractivity (Wildman–Crippen MR) is 63.2 cm³/mol. The van der Waals surface area contributed by atoms with Gasteiger partial charge in [-0.05, 0) is 38.0 Å². The third-order valence-corrected chi connectivity index (χ3v) is 2.21. The molecular formula is C12H16N2. The molecule has 0 fully saturated rings. The Morgan fingerprint density at radius 3 is 2.57 bits per heavy atom. The van der Waals surface area contributed by atoms with Crippen molar-refractivity contribution in [3.63, 3.8) is 0 Å². The van der Waals surface area contributed by atoms with Crippen LogP contribution in [0.4, 0.5) is 11.4 Å². The summed E-state index contributed by atoms with van der Waals surface area (Å²) in [6.45, 7) is 9.68. The first-order valence-electron chi connectivity index (χ1n) is 4.58. The fourth-order valence-corrected chi connectivity index (χ4v) is 1.04. The van der Waals surface area contributed by atoms with Crippen molar-refractivity contribution in [2.24, 2.45) is 4.99 Å². The van der Waals surface area contributed by atoms with Gasteiger partial charge in [0.2, 0.25) is 0 Å². The van der Waals surface area contributed by atoms with Crippen molar-refractivity contribution in [3.05, 3.63) is 35.9 Å². The number of para-hydroxylation sites is 1. The Kier molecular flexibility index (Phi) is 3.07. The van der Waals surface area contributed by atoms with E-state index in [-0.39, 0.29) is 0 Å². The SMILES string of the molecule is C=C(C)/C(C)=N\c1cccc(C)c1N. The van der Waals surface area contributed by atoms with Crippen LogP contribution in [-0.4, -0.2) is 5.71 Å². The highest BCUT2D eigenvalue weighted by Gasteiger charge is 2.00. The second-order valence-corrected chi connectivity index (χ2v) is 3.49. The van der Waals surface area contributed by atoms with E-state index < -0.39 is 0 Å². The standard InChI is InChI=1S/C12H16N2/c1-8(2)10(4)14-11-7-5-6-9(3)12(11)13/h5-7H,1,13H2,2-4H3/b14-10-. The van der Waals surface area contributed by atoms with Crippen molar-refractivity contribution in [2.45, 2.75) is 20.8 Å². The molecule has 0 unspecified atom stereocenters. The van der Waals surface area contributed by atoms with Gasteiger partial charge >= 0.3 is 0 Å². The third-order valence-electron chi connectivity index (χ3n) is 2.21. The number of hydrogen-bond donors (Lipinski definition) is 1. The molecular weight excluding hydrogens is 172 g/mol. The van der Waals surface area contributed by atoms with Gasteiger partial charge in [0.15, 0.2) is 0 Å². The van der Waals surface area contributed by atoms with Crippen LogP contribution >= 0.6 is 0 Å². The number of nitrogens with zero attached hydrogens (tertiary/aromatic N) is 1. The van der Waals surface area contributed by atoms with Gasteiger partial charge in [-0.2, -0.15) is 0 Å². The van der Waals surface area contributed by atoms with Gasteiger partial charge in [0.25, 0.3) is 0 Å². The molecule has 2 N–H and O–H groups in total. The Bertz CT molecular complexity index is 389. The molecule has 1 aromatic carbocycles. The molecule has 0 bridgehead atoms. The van der Waals surface area contributed by atoms with Crippen LogP contribution in [-0.2, 0) is 0 Å². The van der Waals surface area contributed by atoms with Gasteiger partial charge in [0.05, 0.1) is 11.4 Å². The van der Waals surface area contributed by atoms with E-state index >= 15 is 0 Å². The normalized spacial score (nSPS) is 11.5. The molecule has 0 atom stereocenters. The van der Waals surface area contributed by atoms with Crippen molar-refractivity contribution in [1.29, 1.82) is 0 Å². The van der Waals surface area contributed by atoms with E-state index in [0.29, 0.717) is 0 Å². The first kappa shape index (κ1) is 10.5. The molecule has 0 heterocycles. The van der Waals surface area contributed by atoms with Crippen LogP contribution < -0.4 is 5.73 Å². The average Bonchev–Trinajstić information content (AvgIpc) is 2.12. The molecule has 2 nitrogen and oxygen atoms in total. The zero-order chi connectivity index (χ0) is 10.7. The summed E-state index contributed by atoms with van der Waals surface area (Å²) in [7, 11) is 0. The largest absolute Gasteiger partial charge is 0.397 e. The minimum atomic E-state index is 0.744. The molecule has 0 aliphatic carbocycles. The highest BCUT2D eigenvalue weighted by molar-refractivity contribution is 5.99. The summed E-state index contributed by atoms with van der Waals surface area (Å²) in [6.07, 6.45) is 0. The van der Waals surface area contributed by atoms with E-state index in [4.69, 9.17) is 5.73 Å². The quantitative estimate of drug-likeness (QED) is 0.561. The minimum Gasteiger partial charge on any atom is -0.397 e. The van der Waals surface area contributed by atoms with Crippen LogP contribution in [0, 0.1) is 6.92 Å². The number of rotatable bonds is 2. The number of aliphatic imine (C=N–C) groups is 1. The zero-order valence-electron chi connectivity index (χ0n) is 8.96. The topological polar surface area (TPSA) is 38.4 Å². The fraction of sp³-hybridized carbons (Fsp3) is 0.250. The van der Waals surface area contributed by atoms with Gasteiger partial charge in [0, 0.05) is 5.71 Å². The van der Waals surface area contributed by atoms with Gasteiger partial charge < -0.3 is 5.73 Å². The number of nitrogen functional groups attached to an aromatic ring is 1. The first-order chi connectivity index (χ1) is 6.52. The van der Waals surface area contributed by atoms with E-state index in [1.54, 1.807) is 0 Å². The van der Waals surface area contributed by atoms with Gasteiger partial charge in [-0.3, -0.25) is 4.99 Å². The number of nitrogens with two attached hydrogens (primary N) is 1. The molecule has 0 radical (unpaired) electrons. The van der Waals surface area contributed by atoms with Crippen LogP contribution in [0.25, 0.3) is 0 Å². The number of aryl methyl sites for hydroxylation is 1. The van der Waals surface area contributed by atoms with E-state index in [2.05, 4.69) is 11.6 Å². The molecule has 0 aromatic heterocycles. The molecule has 2 heteroatoms. The molecule has 1 rings (SSSR count). The Morgan fingerprint density at radius 1 is 1.36 bits per heavy atom. The lowest BCUT2D eigenvalue weighted by atomic mass is 10.1. The Labute approximate surface area is 85.2 Å². The van der Waals surface area contributed by atoms with E-state index in [1.165, 1.54) is 0 Å². The Hall–Kier alpha value is -1.57.